The first-order valence-electron chi connectivity index (χ1n) is 7.50. The average molecular weight is 250 g/mol. The Balaban J connectivity index is 1.62. The normalized spacial score (nSPS) is 56.1. The first-order valence-corrected chi connectivity index (χ1v) is 7.50. The molecule has 6 unspecified atom stereocenters. The summed E-state index contributed by atoms with van der Waals surface area (Å²) >= 11 is 0. The van der Waals surface area contributed by atoms with Crippen molar-refractivity contribution in [1.29, 1.82) is 0 Å². The number of aliphatic hydroxyl groups is 1. The minimum atomic E-state index is -0.543. The molecule has 100 valence electrons. The van der Waals surface area contributed by atoms with Gasteiger partial charge in [0.05, 0.1) is 13.2 Å². The van der Waals surface area contributed by atoms with Crippen LogP contribution in [0.2, 0.25) is 0 Å². The van der Waals surface area contributed by atoms with Crippen molar-refractivity contribution in [3.8, 4) is 0 Å². The number of fused-ring (bicyclic) bond motifs is 9. The van der Waals surface area contributed by atoms with Crippen molar-refractivity contribution < 1.29 is 14.6 Å². The second kappa shape index (κ2) is 3.80. The van der Waals surface area contributed by atoms with E-state index in [1.807, 2.05) is 0 Å². The number of hydrogen-bond donors (Lipinski definition) is 1. The van der Waals surface area contributed by atoms with Gasteiger partial charge in [0, 0.05) is 0 Å². The predicted molar refractivity (Wildman–Crippen MR) is 65.9 cm³/mol. The molecular weight excluding hydrogens is 228 g/mol. The molecule has 0 spiro atoms. The number of aliphatic hydroxyl groups excluding tert-OH is 1. The lowest BCUT2D eigenvalue weighted by molar-refractivity contribution is -0.150. The molecule has 3 nitrogen and oxygen atoms in total. The zero-order chi connectivity index (χ0) is 12.3. The van der Waals surface area contributed by atoms with Crippen LogP contribution in [0.4, 0.5) is 0 Å². The van der Waals surface area contributed by atoms with Gasteiger partial charge in [-0.15, -0.1) is 0 Å². The summed E-state index contributed by atoms with van der Waals surface area (Å²) in [6.45, 7) is 0.334. The molecule has 0 amide bonds. The van der Waals surface area contributed by atoms with Crippen LogP contribution in [-0.4, -0.2) is 30.2 Å². The number of rotatable bonds is 4. The minimum Gasteiger partial charge on any atom is -0.394 e. The molecule has 0 aliphatic heterocycles. The smallest absolute Gasteiger partial charge is 0.152 e. The molecule has 0 aromatic heterocycles. The Morgan fingerprint density at radius 2 is 1.94 bits per heavy atom. The SMILES string of the molecule is O=CC1(OCCO)CC2CC1[C@@H]1C3CCC(C3)C21. The van der Waals surface area contributed by atoms with E-state index in [4.69, 9.17) is 9.84 Å². The summed E-state index contributed by atoms with van der Waals surface area (Å²) in [4.78, 5) is 11.6. The maximum atomic E-state index is 11.6. The Morgan fingerprint density at radius 1 is 1.17 bits per heavy atom. The van der Waals surface area contributed by atoms with Gasteiger partial charge in [-0.05, 0) is 67.6 Å². The zero-order valence-corrected chi connectivity index (χ0v) is 10.8. The highest BCUT2D eigenvalue weighted by atomic mass is 16.5. The fourth-order valence-electron chi connectivity index (χ4n) is 6.19. The van der Waals surface area contributed by atoms with Crippen LogP contribution in [0, 0.1) is 35.5 Å². The van der Waals surface area contributed by atoms with Gasteiger partial charge in [0.1, 0.15) is 5.60 Å². The van der Waals surface area contributed by atoms with Crippen molar-refractivity contribution in [3.63, 3.8) is 0 Å². The molecule has 4 bridgehead atoms. The van der Waals surface area contributed by atoms with Gasteiger partial charge in [0.25, 0.3) is 0 Å². The molecule has 4 rings (SSSR count). The van der Waals surface area contributed by atoms with E-state index in [2.05, 4.69) is 0 Å². The second-order valence-corrected chi connectivity index (χ2v) is 6.94. The molecule has 4 saturated carbocycles. The number of carbonyl (C=O) groups excluding carboxylic acids is 1. The molecule has 0 radical (unpaired) electrons. The summed E-state index contributed by atoms with van der Waals surface area (Å²) in [7, 11) is 0. The minimum absolute atomic E-state index is 0.0210. The second-order valence-electron chi connectivity index (χ2n) is 6.94. The predicted octanol–water partition coefficient (Wildman–Crippen LogP) is 1.64. The Labute approximate surface area is 108 Å². The van der Waals surface area contributed by atoms with Crippen molar-refractivity contribution in [3.05, 3.63) is 0 Å². The van der Waals surface area contributed by atoms with E-state index < -0.39 is 5.60 Å². The molecule has 1 N–H and O–H groups in total. The average Bonchev–Trinajstić information content (AvgIpc) is 3.12. The molecular formula is C15H22O3. The molecule has 0 aromatic carbocycles. The third-order valence-electron chi connectivity index (χ3n) is 6.48. The Hall–Kier alpha value is -0.410. The van der Waals surface area contributed by atoms with Crippen LogP contribution in [0.1, 0.15) is 32.1 Å². The standard InChI is InChI=1S/C15H22O3/c16-3-4-18-15(8-17)7-11-6-12(15)14-10-2-1-9(5-10)13(11)14/h8-14,16H,1-7H2/t9?,10?,11?,12?,13?,14-,15?/m0/s1. The Morgan fingerprint density at radius 3 is 2.67 bits per heavy atom. The molecule has 7 atom stereocenters. The lowest BCUT2D eigenvalue weighted by atomic mass is 9.66. The van der Waals surface area contributed by atoms with E-state index in [-0.39, 0.29) is 6.61 Å². The van der Waals surface area contributed by atoms with E-state index in [1.54, 1.807) is 0 Å². The quantitative estimate of drug-likeness (QED) is 0.609. The topological polar surface area (TPSA) is 46.5 Å². The van der Waals surface area contributed by atoms with Crippen molar-refractivity contribution in [2.45, 2.75) is 37.7 Å². The van der Waals surface area contributed by atoms with Crippen LogP contribution >= 0.6 is 0 Å². The summed E-state index contributed by atoms with van der Waals surface area (Å²) in [6, 6.07) is 0. The summed E-state index contributed by atoms with van der Waals surface area (Å²) in [5.74, 6) is 4.65. The van der Waals surface area contributed by atoms with Crippen LogP contribution in [0.15, 0.2) is 0 Å². The molecule has 0 heterocycles. The fourth-order valence-corrected chi connectivity index (χ4v) is 6.19. The van der Waals surface area contributed by atoms with E-state index in [1.165, 1.54) is 25.7 Å². The zero-order valence-electron chi connectivity index (χ0n) is 10.8. The van der Waals surface area contributed by atoms with Gasteiger partial charge >= 0.3 is 0 Å². The summed E-state index contributed by atoms with van der Waals surface area (Å²) < 4.78 is 5.82. The third-order valence-corrected chi connectivity index (χ3v) is 6.48. The van der Waals surface area contributed by atoms with E-state index in [0.29, 0.717) is 12.5 Å². The number of carbonyl (C=O) groups is 1. The Bertz CT molecular complexity index is 369. The molecule has 18 heavy (non-hydrogen) atoms. The maximum absolute atomic E-state index is 11.6. The van der Waals surface area contributed by atoms with Crippen LogP contribution in [0.5, 0.6) is 0 Å². The lowest BCUT2D eigenvalue weighted by Gasteiger charge is -2.43. The van der Waals surface area contributed by atoms with Crippen LogP contribution in [0.25, 0.3) is 0 Å². The number of aldehydes is 1. The maximum Gasteiger partial charge on any atom is 0.152 e. The van der Waals surface area contributed by atoms with Gasteiger partial charge in [-0.3, -0.25) is 0 Å². The van der Waals surface area contributed by atoms with Crippen LogP contribution in [0.3, 0.4) is 0 Å². The first-order chi connectivity index (χ1) is 8.79. The van der Waals surface area contributed by atoms with Gasteiger partial charge < -0.3 is 14.6 Å². The van der Waals surface area contributed by atoms with Crippen molar-refractivity contribution in [2.75, 3.05) is 13.2 Å². The molecule has 0 aromatic rings. The van der Waals surface area contributed by atoms with Gasteiger partial charge in [0.15, 0.2) is 6.29 Å². The van der Waals surface area contributed by atoms with Crippen LogP contribution in [-0.2, 0) is 9.53 Å². The van der Waals surface area contributed by atoms with E-state index in [0.717, 1.165) is 42.3 Å². The Kier molecular flexibility index (Phi) is 2.41. The largest absolute Gasteiger partial charge is 0.394 e. The molecule has 4 aliphatic rings. The highest BCUT2D eigenvalue weighted by Crippen LogP contribution is 2.69. The van der Waals surface area contributed by atoms with Crippen LogP contribution < -0.4 is 0 Å². The highest BCUT2D eigenvalue weighted by molar-refractivity contribution is 5.65. The monoisotopic (exact) mass is 250 g/mol. The van der Waals surface area contributed by atoms with Gasteiger partial charge in [-0.1, -0.05) is 0 Å². The summed E-state index contributed by atoms with van der Waals surface area (Å²) in [5.41, 5.74) is -0.543. The van der Waals surface area contributed by atoms with Crippen molar-refractivity contribution in [1.82, 2.24) is 0 Å². The first kappa shape index (κ1) is 11.4. The van der Waals surface area contributed by atoms with Crippen molar-refractivity contribution in [2.24, 2.45) is 35.5 Å². The van der Waals surface area contributed by atoms with Gasteiger partial charge in [-0.2, -0.15) is 0 Å². The third kappa shape index (κ3) is 1.25. The summed E-state index contributed by atoms with van der Waals surface area (Å²) in [5, 5.41) is 8.96. The number of hydrogen-bond acceptors (Lipinski definition) is 3. The summed E-state index contributed by atoms with van der Waals surface area (Å²) in [6.07, 6.45) is 7.41. The molecule has 0 saturated heterocycles. The van der Waals surface area contributed by atoms with E-state index in [9.17, 15) is 4.79 Å². The van der Waals surface area contributed by atoms with Gasteiger partial charge in [-0.25, -0.2) is 0 Å². The molecule has 4 aliphatic carbocycles. The van der Waals surface area contributed by atoms with Crippen molar-refractivity contribution >= 4 is 6.29 Å². The number of ether oxygens (including phenoxy) is 1. The molecule has 4 fully saturated rings. The van der Waals surface area contributed by atoms with Gasteiger partial charge in [0.2, 0.25) is 0 Å². The van der Waals surface area contributed by atoms with E-state index >= 15 is 0 Å². The fraction of sp³-hybridized carbons (Fsp3) is 0.933. The highest BCUT2D eigenvalue weighted by Gasteiger charge is 2.67. The molecule has 3 heteroatoms. The lowest BCUT2D eigenvalue weighted by Crippen LogP contribution is -2.48.